The average Bonchev–Trinajstić information content (AvgIpc) is 3.28. The van der Waals surface area contributed by atoms with E-state index in [1.54, 1.807) is 35.0 Å². The quantitative estimate of drug-likeness (QED) is 0.406. The molecule has 4 aromatic rings. The lowest BCUT2D eigenvalue weighted by atomic mass is 10.2. The van der Waals surface area contributed by atoms with E-state index < -0.39 is 9.84 Å². The molecule has 0 saturated carbocycles. The zero-order chi connectivity index (χ0) is 24.4. The number of β-amino-alcohol motifs (C(OH)–C–C–N with tert-alkyl or cyclic N) is 1. The molecule has 1 aliphatic rings. The van der Waals surface area contributed by atoms with Gasteiger partial charge in [-0.3, -0.25) is 4.90 Å². The van der Waals surface area contributed by atoms with Gasteiger partial charge in [0.1, 0.15) is 0 Å². The van der Waals surface area contributed by atoms with E-state index in [1.807, 2.05) is 24.3 Å². The number of fused-ring (bicyclic) bond motifs is 1. The Labute approximate surface area is 204 Å². The van der Waals surface area contributed by atoms with Crippen LogP contribution in [-0.2, 0) is 9.84 Å². The zero-order valence-electron chi connectivity index (χ0n) is 19.5. The Balaban J connectivity index is 1.31. The van der Waals surface area contributed by atoms with Crippen molar-refractivity contribution in [1.29, 1.82) is 0 Å². The molecule has 1 fully saturated rings. The van der Waals surface area contributed by atoms with Gasteiger partial charge in [-0.15, -0.1) is 5.10 Å². The molecule has 2 aromatic carbocycles. The molecule has 0 spiro atoms. The van der Waals surface area contributed by atoms with Crippen LogP contribution in [-0.4, -0.2) is 78.6 Å². The number of benzene rings is 2. The second-order valence-electron chi connectivity index (χ2n) is 8.66. The highest BCUT2D eigenvalue weighted by atomic mass is 32.2. The van der Waals surface area contributed by atoms with Crippen molar-refractivity contribution in [3.05, 3.63) is 66.9 Å². The van der Waals surface area contributed by atoms with Crippen molar-refractivity contribution in [3.8, 4) is 11.3 Å². The van der Waals surface area contributed by atoms with E-state index in [0.717, 1.165) is 55.2 Å². The summed E-state index contributed by atoms with van der Waals surface area (Å²) in [7, 11) is -3.24. The van der Waals surface area contributed by atoms with Gasteiger partial charge < -0.3 is 15.3 Å². The Morgan fingerprint density at radius 2 is 1.66 bits per heavy atom. The Hall–Kier alpha value is -3.47. The van der Waals surface area contributed by atoms with Crippen molar-refractivity contribution in [1.82, 2.24) is 19.5 Å². The minimum absolute atomic E-state index is 0.203. The van der Waals surface area contributed by atoms with E-state index in [0.29, 0.717) is 5.95 Å². The van der Waals surface area contributed by atoms with E-state index in [-0.39, 0.29) is 11.5 Å². The fraction of sp³-hybridized carbons (Fsp3) is 0.280. The fourth-order valence-corrected chi connectivity index (χ4v) is 4.94. The van der Waals surface area contributed by atoms with Gasteiger partial charge in [0.15, 0.2) is 9.84 Å². The number of rotatable bonds is 7. The number of sulfone groups is 1. The predicted octanol–water partition coefficient (Wildman–Crippen LogP) is 2.66. The van der Waals surface area contributed by atoms with Crippen molar-refractivity contribution >= 4 is 32.7 Å². The molecular formula is C25H28N6O3S. The van der Waals surface area contributed by atoms with Crippen LogP contribution in [0.3, 0.4) is 0 Å². The molecule has 2 N–H and O–H groups in total. The van der Waals surface area contributed by atoms with Crippen molar-refractivity contribution in [2.45, 2.75) is 4.90 Å². The van der Waals surface area contributed by atoms with Gasteiger partial charge in [-0.25, -0.2) is 17.9 Å². The lowest BCUT2D eigenvalue weighted by Crippen LogP contribution is -2.47. The Morgan fingerprint density at radius 1 is 0.943 bits per heavy atom. The molecule has 0 unspecified atom stereocenters. The summed E-state index contributed by atoms with van der Waals surface area (Å²) in [5.74, 6) is 0.466. The molecule has 0 atom stereocenters. The first kappa shape index (κ1) is 23.3. The number of nitrogens with zero attached hydrogens (tertiary/aromatic N) is 5. The fourth-order valence-electron chi connectivity index (χ4n) is 4.31. The van der Waals surface area contributed by atoms with E-state index >= 15 is 0 Å². The number of aromatic nitrogens is 3. The van der Waals surface area contributed by atoms with Gasteiger partial charge >= 0.3 is 0 Å². The summed E-state index contributed by atoms with van der Waals surface area (Å²) in [6.45, 7) is 4.71. The minimum Gasteiger partial charge on any atom is -0.395 e. The molecule has 182 valence electrons. The van der Waals surface area contributed by atoms with Gasteiger partial charge in [-0.1, -0.05) is 12.1 Å². The predicted molar refractivity (Wildman–Crippen MR) is 137 cm³/mol. The van der Waals surface area contributed by atoms with Crippen LogP contribution in [0.5, 0.6) is 0 Å². The molecule has 5 rings (SSSR count). The zero-order valence-corrected chi connectivity index (χ0v) is 20.3. The SMILES string of the molecule is CS(=O)(=O)c1ccc(-c2ccc3cnc(Nc4ccc(N5CCN(CCO)CC5)cc4)nn23)cc1. The molecule has 1 aliphatic heterocycles. The third-order valence-corrected chi connectivity index (χ3v) is 7.38. The molecule has 0 aliphatic carbocycles. The first-order valence-corrected chi connectivity index (χ1v) is 13.4. The maximum atomic E-state index is 11.8. The molecule has 1 saturated heterocycles. The van der Waals surface area contributed by atoms with Crippen molar-refractivity contribution in [2.75, 3.05) is 55.8 Å². The minimum atomic E-state index is -3.24. The standard InChI is InChI=1S/C25H28N6O3S/c1-35(33,34)23-9-2-19(3-10-23)24-11-8-22-18-26-25(28-31(22)24)27-20-4-6-21(7-5-20)30-14-12-29(13-15-30)16-17-32/h2-11,18,32H,12-17H2,1H3,(H,27,28). The molecule has 9 nitrogen and oxygen atoms in total. The van der Waals surface area contributed by atoms with Gasteiger partial charge in [0.05, 0.1) is 28.9 Å². The Kier molecular flexibility index (Phi) is 6.42. The number of hydrogen-bond donors (Lipinski definition) is 2. The molecule has 10 heteroatoms. The number of aliphatic hydroxyl groups is 1. The maximum Gasteiger partial charge on any atom is 0.245 e. The highest BCUT2D eigenvalue weighted by Crippen LogP contribution is 2.25. The highest BCUT2D eigenvalue weighted by molar-refractivity contribution is 7.90. The average molecular weight is 493 g/mol. The largest absolute Gasteiger partial charge is 0.395 e. The summed E-state index contributed by atoms with van der Waals surface area (Å²) in [5.41, 5.74) is 4.61. The summed E-state index contributed by atoms with van der Waals surface area (Å²) >= 11 is 0. The molecule has 2 aromatic heterocycles. The Morgan fingerprint density at radius 3 is 2.31 bits per heavy atom. The van der Waals surface area contributed by atoms with Gasteiger partial charge in [0.2, 0.25) is 5.95 Å². The van der Waals surface area contributed by atoms with Crippen LogP contribution in [0.1, 0.15) is 0 Å². The summed E-state index contributed by atoms with van der Waals surface area (Å²) < 4.78 is 25.3. The number of aliphatic hydroxyl groups excluding tert-OH is 1. The second kappa shape index (κ2) is 9.65. The van der Waals surface area contributed by atoms with Gasteiger partial charge in [-0.2, -0.15) is 0 Å². The molecule has 3 heterocycles. The van der Waals surface area contributed by atoms with Gasteiger partial charge in [0.25, 0.3) is 0 Å². The molecule has 0 radical (unpaired) electrons. The highest BCUT2D eigenvalue weighted by Gasteiger charge is 2.16. The molecular weight excluding hydrogens is 464 g/mol. The second-order valence-corrected chi connectivity index (χ2v) is 10.7. The summed E-state index contributed by atoms with van der Waals surface area (Å²) in [4.78, 5) is 9.34. The lowest BCUT2D eigenvalue weighted by Gasteiger charge is -2.35. The number of anilines is 3. The smallest absolute Gasteiger partial charge is 0.245 e. The van der Waals surface area contributed by atoms with E-state index in [4.69, 9.17) is 5.11 Å². The van der Waals surface area contributed by atoms with Crippen LogP contribution in [0, 0.1) is 0 Å². The summed E-state index contributed by atoms with van der Waals surface area (Å²) in [5, 5.41) is 17.0. The van der Waals surface area contributed by atoms with Crippen molar-refractivity contribution in [3.63, 3.8) is 0 Å². The van der Waals surface area contributed by atoms with Crippen LogP contribution >= 0.6 is 0 Å². The van der Waals surface area contributed by atoms with Crippen molar-refractivity contribution in [2.24, 2.45) is 0 Å². The first-order valence-electron chi connectivity index (χ1n) is 11.5. The first-order chi connectivity index (χ1) is 16.9. The molecule has 0 bridgehead atoms. The third-order valence-electron chi connectivity index (χ3n) is 6.25. The van der Waals surface area contributed by atoms with Crippen LogP contribution in [0.4, 0.5) is 17.3 Å². The summed E-state index contributed by atoms with van der Waals surface area (Å²) in [6.07, 6.45) is 2.95. The van der Waals surface area contributed by atoms with E-state index in [1.165, 1.54) is 11.9 Å². The number of hydrogen-bond acceptors (Lipinski definition) is 8. The van der Waals surface area contributed by atoms with E-state index in [9.17, 15) is 8.42 Å². The summed E-state index contributed by atoms with van der Waals surface area (Å²) in [6, 6.07) is 18.9. The normalized spacial score (nSPS) is 15.0. The topological polar surface area (TPSA) is 103 Å². The van der Waals surface area contributed by atoms with Gasteiger partial charge in [0, 0.05) is 55.9 Å². The van der Waals surface area contributed by atoms with Crippen LogP contribution in [0.15, 0.2) is 71.8 Å². The number of nitrogens with one attached hydrogen (secondary N) is 1. The Bertz CT molecular complexity index is 1410. The third kappa shape index (κ3) is 5.14. The monoisotopic (exact) mass is 492 g/mol. The molecule has 35 heavy (non-hydrogen) atoms. The maximum absolute atomic E-state index is 11.8. The lowest BCUT2D eigenvalue weighted by molar-refractivity contribution is 0.189. The van der Waals surface area contributed by atoms with Crippen LogP contribution in [0.2, 0.25) is 0 Å². The number of piperazine rings is 1. The van der Waals surface area contributed by atoms with Crippen molar-refractivity contribution < 1.29 is 13.5 Å². The van der Waals surface area contributed by atoms with Crippen LogP contribution in [0.25, 0.3) is 16.8 Å². The van der Waals surface area contributed by atoms with Gasteiger partial charge in [-0.05, 0) is 48.5 Å². The van der Waals surface area contributed by atoms with E-state index in [2.05, 4.69) is 37.3 Å². The van der Waals surface area contributed by atoms with Crippen LogP contribution < -0.4 is 10.2 Å². The molecule has 0 amide bonds.